The first-order valence-corrected chi connectivity index (χ1v) is 8.63. The summed E-state index contributed by atoms with van der Waals surface area (Å²) in [5.74, 6) is -5.35. The molecule has 2 aromatic carbocycles. The Hall–Kier alpha value is -2.90. The third-order valence-corrected chi connectivity index (χ3v) is 4.71. The van der Waals surface area contributed by atoms with Crippen LogP contribution in [0.2, 0.25) is 0 Å². The van der Waals surface area contributed by atoms with Crippen LogP contribution in [0.25, 0.3) is 0 Å². The second-order valence-corrected chi connectivity index (χ2v) is 6.87. The average Bonchev–Trinajstić information content (AvgIpc) is 2.57. The van der Waals surface area contributed by atoms with Crippen molar-refractivity contribution in [2.24, 2.45) is 0 Å². The molecule has 28 heavy (non-hydrogen) atoms. The van der Waals surface area contributed by atoms with Crippen molar-refractivity contribution in [1.82, 2.24) is 5.32 Å². The molecular formula is C20H18F4N2O2. The second kappa shape index (κ2) is 7.61. The molecule has 1 N–H and O–H groups in total. The normalized spacial score (nSPS) is 16.8. The quantitative estimate of drug-likeness (QED) is 0.597. The van der Waals surface area contributed by atoms with Crippen LogP contribution >= 0.6 is 0 Å². The van der Waals surface area contributed by atoms with E-state index in [1.165, 1.54) is 0 Å². The van der Waals surface area contributed by atoms with E-state index in [1.54, 1.807) is 31.2 Å². The molecule has 0 aliphatic heterocycles. The van der Waals surface area contributed by atoms with Gasteiger partial charge in [0.05, 0.1) is 5.69 Å². The number of nitrogens with zero attached hydrogens (tertiary/aromatic N) is 1. The molecule has 8 heteroatoms. The summed E-state index contributed by atoms with van der Waals surface area (Å²) in [5.41, 5.74) is 0.919. The molecule has 0 aromatic heterocycles. The number of hydrogen-bond donors (Lipinski definition) is 1. The number of anilines is 1. The maximum atomic E-state index is 13.7. The molecule has 0 radical (unpaired) electrons. The fraction of sp³-hybridized carbons (Fsp3) is 0.300. The minimum absolute atomic E-state index is 0.158. The number of rotatable bonds is 6. The molecule has 4 nitrogen and oxygen atoms in total. The van der Waals surface area contributed by atoms with E-state index >= 15 is 0 Å². The van der Waals surface area contributed by atoms with Gasteiger partial charge in [0.15, 0.2) is 0 Å². The third kappa shape index (κ3) is 4.16. The van der Waals surface area contributed by atoms with Crippen molar-refractivity contribution in [1.29, 1.82) is 0 Å². The van der Waals surface area contributed by atoms with Crippen LogP contribution in [0.4, 0.5) is 23.2 Å². The van der Waals surface area contributed by atoms with Crippen LogP contribution in [-0.2, 0) is 9.59 Å². The van der Waals surface area contributed by atoms with Gasteiger partial charge in [0.1, 0.15) is 17.7 Å². The van der Waals surface area contributed by atoms with E-state index < -0.39 is 48.4 Å². The number of hydrogen-bond acceptors (Lipinski definition) is 2. The first-order chi connectivity index (χ1) is 13.2. The van der Waals surface area contributed by atoms with Gasteiger partial charge in [-0.25, -0.2) is 17.6 Å². The van der Waals surface area contributed by atoms with Crippen LogP contribution in [0.5, 0.6) is 0 Å². The molecule has 2 aromatic rings. The first kappa shape index (κ1) is 19.9. The van der Waals surface area contributed by atoms with Crippen molar-refractivity contribution in [3.8, 4) is 0 Å². The van der Waals surface area contributed by atoms with Gasteiger partial charge in [-0.05, 0) is 30.2 Å². The highest BCUT2D eigenvalue weighted by molar-refractivity contribution is 5.93. The largest absolute Gasteiger partial charge is 0.351 e. The first-order valence-electron chi connectivity index (χ1n) is 8.63. The summed E-state index contributed by atoms with van der Waals surface area (Å²) in [6.45, 7) is 1.71. The van der Waals surface area contributed by atoms with Crippen molar-refractivity contribution >= 4 is 18.0 Å². The van der Waals surface area contributed by atoms with Gasteiger partial charge in [-0.2, -0.15) is 0 Å². The molecule has 1 saturated carbocycles. The smallest absolute Gasteiger partial charge is 0.252 e. The zero-order chi connectivity index (χ0) is 20.5. The molecule has 2 amide bonds. The number of amides is 2. The molecule has 1 aliphatic carbocycles. The molecule has 1 atom stereocenters. The van der Waals surface area contributed by atoms with Gasteiger partial charge >= 0.3 is 0 Å². The highest BCUT2D eigenvalue weighted by Gasteiger charge is 2.46. The molecule has 1 aliphatic rings. The van der Waals surface area contributed by atoms with Crippen molar-refractivity contribution in [3.05, 3.63) is 65.2 Å². The van der Waals surface area contributed by atoms with Crippen LogP contribution in [0.3, 0.4) is 0 Å². The van der Waals surface area contributed by atoms with Crippen LogP contribution in [0.15, 0.2) is 42.5 Å². The van der Waals surface area contributed by atoms with E-state index in [0.717, 1.165) is 17.0 Å². The average molecular weight is 394 g/mol. The molecular weight excluding hydrogens is 376 g/mol. The topological polar surface area (TPSA) is 49.4 Å². The lowest BCUT2D eigenvalue weighted by Gasteiger charge is -2.37. The Labute approximate surface area is 159 Å². The minimum Gasteiger partial charge on any atom is -0.351 e. The van der Waals surface area contributed by atoms with Gasteiger partial charge in [0, 0.05) is 24.9 Å². The molecule has 3 rings (SSSR count). The number of aryl methyl sites for hydroxylation is 1. The number of halogens is 4. The summed E-state index contributed by atoms with van der Waals surface area (Å²) in [6.07, 6.45) is -0.690. The monoisotopic (exact) mass is 394 g/mol. The van der Waals surface area contributed by atoms with Crippen LogP contribution in [0, 0.1) is 18.6 Å². The van der Waals surface area contributed by atoms with Crippen LogP contribution in [-0.4, -0.2) is 24.3 Å². The Morgan fingerprint density at radius 1 is 1.18 bits per heavy atom. The maximum absolute atomic E-state index is 13.7. The lowest BCUT2D eigenvalue weighted by atomic mass is 9.87. The third-order valence-electron chi connectivity index (χ3n) is 4.71. The van der Waals surface area contributed by atoms with Crippen molar-refractivity contribution in [2.45, 2.75) is 37.8 Å². The number of carbonyl (C=O) groups is 2. The maximum Gasteiger partial charge on any atom is 0.252 e. The van der Waals surface area contributed by atoms with Gasteiger partial charge in [-0.1, -0.05) is 24.3 Å². The lowest BCUT2D eigenvalue weighted by molar-refractivity contribution is -0.131. The Balaban J connectivity index is 1.98. The second-order valence-electron chi connectivity index (χ2n) is 6.87. The standard InChI is InChI=1S/C20H18F4N2O2/c1-12-4-2-3-5-17(12)18(19(28)25-15-9-20(23,24)10-15)26(11-27)16-7-13(21)6-14(22)8-16/h2-8,11,15,18H,9-10H2,1H3,(H,25,28). The predicted octanol–water partition coefficient (Wildman–Crippen LogP) is 3.89. The highest BCUT2D eigenvalue weighted by Crippen LogP contribution is 2.38. The number of nitrogens with one attached hydrogen (secondary N) is 1. The van der Waals surface area contributed by atoms with Crippen LogP contribution < -0.4 is 10.2 Å². The summed E-state index contributed by atoms with van der Waals surface area (Å²) in [7, 11) is 0. The van der Waals surface area contributed by atoms with Crippen LogP contribution in [0.1, 0.15) is 30.0 Å². The molecule has 1 unspecified atom stereocenters. The molecule has 1 fully saturated rings. The number of alkyl halides is 2. The number of benzene rings is 2. The minimum atomic E-state index is -2.83. The van der Waals surface area contributed by atoms with E-state index in [1.807, 2.05) is 0 Å². The van der Waals surface area contributed by atoms with Gasteiger partial charge in [0.2, 0.25) is 12.3 Å². The van der Waals surface area contributed by atoms with E-state index in [-0.39, 0.29) is 5.69 Å². The molecule has 0 bridgehead atoms. The molecule has 0 saturated heterocycles. The van der Waals surface area contributed by atoms with Gasteiger partial charge in [-0.15, -0.1) is 0 Å². The van der Waals surface area contributed by atoms with E-state index in [4.69, 9.17) is 0 Å². The summed E-state index contributed by atoms with van der Waals surface area (Å²) in [6, 6.07) is 7.18. The SMILES string of the molecule is Cc1ccccc1C(C(=O)NC1CC(F)(F)C1)N(C=O)c1cc(F)cc(F)c1. The van der Waals surface area contributed by atoms with Crippen molar-refractivity contribution in [3.63, 3.8) is 0 Å². The van der Waals surface area contributed by atoms with E-state index in [0.29, 0.717) is 23.6 Å². The van der Waals surface area contributed by atoms with Gasteiger partial charge in [-0.3, -0.25) is 14.5 Å². The predicted molar refractivity (Wildman–Crippen MR) is 94.9 cm³/mol. The molecule has 0 heterocycles. The highest BCUT2D eigenvalue weighted by atomic mass is 19.3. The zero-order valence-corrected chi connectivity index (χ0v) is 15.0. The van der Waals surface area contributed by atoms with Crippen molar-refractivity contribution in [2.75, 3.05) is 4.90 Å². The fourth-order valence-corrected chi connectivity index (χ4v) is 3.31. The Kier molecular flexibility index (Phi) is 5.40. The Morgan fingerprint density at radius 2 is 1.79 bits per heavy atom. The van der Waals surface area contributed by atoms with E-state index in [2.05, 4.69) is 5.32 Å². The summed E-state index contributed by atoms with van der Waals surface area (Å²) in [4.78, 5) is 25.6. The van der Waals surface area contributed by atoms with E-state index in [9.17, 15) is 27.2 Å². The Bertz CT molecular complexity index is 875. The summed E-state index contributed by atoms with van der Waals surface area (Å²) in [5, 5.41) is 2.50. The summed E-state index contributed by atoms with van der Waals surface area (Å²) < 4.78 is 53.5. The number of carbonyl (C=O) groups excluding carboxylic acids is 2. The Morgan fingerprint density at radius 3 is 2.32 bits per heavy atom. The summed E-state index contributed by atoms with van der Waals surface area (Å²) >= 11 is 0. The zero-order valence-electron chi connectivity index (χ0n) is 15.0. The van der Waals surface area contributed by atoms with Crippen molar-refractivity contribution < 1.29 is 27.2 Å². The lowest BCUT2D eigenvalue weighted by Crippen LogP contribution is -2.53. The van der Waals surface area contributed by atoms with Gasteiger partial charge < -0.3 is 5.32 Å². The fourth-order valence-electron chi connectivity index (χ4n) is 3.31. The van der Waals surface area contributed by atoms with Gasteiger partial charge in [0.25, 0.3) is 5.92 Å². The molecule has 0 spiro atoms. The molecule has 148 valence electrons.